The first kappa shape index (κ1) is 17.6. The maximum atomic E-state index is 13.4. The van der Waals surface area contributed by atoms with Gasteiger partial charge in [0.15, 0.2) is 11.6 Å². The summed E-state index contributed by atoms with van der Waals surface area (Å²) in [4.78, 5) is 2.06. The molecule has 0 aliphatic rings. The van der Waals surface area contributed by atoms with Crippen LogP contribution in [0.3, 0.4) is 0 Å². The van der Waals surface area contributed by atoms with Gasteiger partial charge in [0, 0.05) is 23.8 Å². The predicted octanol–water partition coefficient (Wildman–Crippen LogP) is 2.96. The number of hydrogen-bond donors (Lipinski definition) is 1. The van der Waals surface area contributed by atoms with Gasteiger partial charge in [0.2, 0.25) is 0 Å². The first-order chi connectivity index (χ1) is 10.8. The molecule has 0 spiro atoms. The van der Waals surface area contributed by atoms with Crippen LogP contribution in [-0.2, 0) is 13.1 Å². The maximum absolute atomic E-state index is 13.4. The van der Waals surface area contributed by atoms with Gasteiger partial charge >= 0.3 is 0 Å². The highest BCUT2D eigenvalue weighted by molar-refractivity contribution is 5.26. The Morgan fingerprint density at radius 1 is 1.26 bits per heavy atom. The minimum absolute atomic E-state index is 0.0441. The van der Waals surface area contributed by atoms with Crippen molar-refractivity contribution in [3.05, 3.63) is 52.3 Å². The van der Waals surface area contributed by atoms with E-state index < -0.39 is 11.6 Å². The van der Waals surface area contributed by atoms with Gasteiger partial charge in [-0.3, -0.25) is 9.58 Å². The topological polar surface area (TPSA) is 41.3 Å². The zero-order valence-electron chi connectivity index (χ0n) is 14.0. The Balaban J connectivity index is 2.18. The third-order valence-corrected chi connectivity index (χ3v) is 4.34. The zero-order chi connectivity index (χ0) is 17.1. The molecule has 1 aromatic heterocycles. The molecule has 0 fully saturated rings. The fourth-order valence-corrected chi connectivity index (χ4v) is 2.69. The summed E-state index contributed by atoms with van der Waals surface area (Å²) >= 11 is 0. The third kappa shape index (κ3) is 3.76. The van der Waals surface area contributed by atoms with Crippen LogP contribution in [0.25, 0.3) is 0 Å². The van der Waals surface area contributed by atoms with Crippen LogP contribution in [0, 0.1) is 25.5 Å². The Hall–Kier alpha value is -1.79. The van der Waals surface area contributed by atoms with Crippen molar-refractivity contribution in [3.8, 4) is 0 Å². The maximum Gasteiger partial charge on any atom is 0.159 e. The highest BCUT2D eigenvalue weighted by Crippen LogP contribution is 2.24. The van der Waals surface area contributed by atoms with Gasteiger partial charge in [0.25, 0.3) is 0 Å². The fraction of sp³-hybridized carbons (Fsp3) is 0.471. The van der Waals surface area contributed by atoms with E-state index in [4.69, 9.17) is 5.11 Å². The lowest BCUT2D eigenvalue weighted by molar-refractivity contribution is 0.250. The number of benzene rings is 1. The molecule has 6 heteroatoms. The normalized spacial score (nSPS) is 12.9. The minimum Gasteiger partial charge on any atom is -0.394 e. The van der Waals surface area contributed by atoms with Crippen molar-refractivity contribution >= 4 is 0 Å². The lowest BCUT2D eigenvalue weighted by Crippen LogP contribution is -2.23. The quantitative estimate of drug-likeness (QED) is 0.888. The van der Waals surface area contributed by atoms with Crippen LogP contribution in [0.15, 0.2) is 18.2 Å². The number of aryl methyl sites for hydroxylation is 1. The molecule has 0 radical (unpaired) electrons. The monoisotopic (exact) mass is 323 g/mol. The summed E-state index contributed by atoms with van der Waals surface area (Å²) < 4.78 is 28.3. The Bertz CT molecular complexity index is 685. The van der Waals surface area contributed by atoms with E-state index in [0.29, 0.717) is 13.1 Å². The molecule has 2 rings (SSSR count). The number of aliphatic hydroxyl groups excluding tert-OH is 1. The molecular weight excluding hydrogens is 300 g/mol. The summed E-state index contributed by atoms with van der Waals surface area (Å²) in [6.07, 6.45) is 0. The van der Waals surface area contributed by atoms with Gasteiger partial charge in [0.05, 0.1) is 18.8 Å². The average molecular weight is 323 g/mol. The lowest BCUT2D eigenvalue weighted by Gasteiger charge is -2.25. The van der Waals surface area contributed by atoms with Gasteiger partial charge in [-0.05, 0) is 45.5 Å². The predicted molar refractivity (Wildman–Crippen MR) is 85.0 cm³/mol. The molecule has 0 saturated heterocycles. The average Bonchev–Trinajstić information content (AvgIpc) is 2.77. The van der Waals surface area contributed by atoms with E-state index in [0.717, 1.165) is 28.6 Å². The Morgan fingerprint density at radius 2 is 1.96 bits per heavy atom. The first-order valence-electron chi connectivity index (χ1n) is 7.64. The number of hydrogen-bond acceptors (Lipinski definition) is 3. The molecule has 0 saturated carbocycles. The molecule has 0 amide bonds. The molecule has 126 valence electrons. The van der Waals surface area contributed by atoms with Crippen LogP contribution in [0.5, 0.6) is 0 Å². The van der Waals surface area contributed by atoms with Crippen molar-refractivity contribution in [1.29, 1.82) is 0 Å². The van der Waals surface area contributed by atoms with E-state index in [2.05, 4.69) is 10.00 Å². The molecule has 0 aliphatic heterocycles. The smallest absolute Gasteiger partial charge is 0.159 e. The Morgan fingerprint density at radius 3 is 2.57 bits per heavy atom. The van der Waals surface area contributed by atoms with Crippen molar-refractivity contribution in [3.63, 3.8) is 0 Å². The van der Waals surface area contributed by atoms with Gasteiger partial charge in [0.1, 0.15) is 0 Å². The van der Waals surface area contributed by atoms with Crippen molar-refractivity contribution in [2.45, 2.75) is 39.9 Å². The summed E-state index contributed by atoms with van der Waals surface area (Å²) in [5.41, 5.74) is 3.75. The lowest BCUT2D eigenvalue weighted by atomic mass is 10.1. The Kier molecular flexibility index (Phi) is 5.49. The highest BCUT2D eigenvalue weighted by Gasteiger charge is 2.18. The van der Waals surface area contributed by atoms with Crippen LogP contribution in [0.2, 0.25) is 0 Å². The van der Waals surface area contributed by atoms with Crippen LogP contribution in [0.4, 0.5) is 8.78 Å². The number of rotatable bonds is 6. The second-order valence-corrected chi connectivity index (χ2v) is 5.86. The van der Waals surface area contributed by atoms with Gasteiger partial charge < -0.3 is 5.11 Å². The number of aromatic nitrogens is 2. The summed E-state index contributed by atoms with van der Waals surface area (Å²) in [6.45, 7) is 7.02. The van der Waals surface area contributed by atoms with Crippen LogP contribution < -0.4 is 0 Å². The summed E-state index contributed by atoms with van der Waals surface area (Å²) in [5, 5.41) is 13.5. The van der Waals surface area contributed by atoms with Crippen molar-refractivity contribution in [1.82, 2.24) is 14.7 Å². The number of aliphatic hydroxyl groups is 1. The standard InChI is InChI=1S/C17H23F2N3O/c1-11-15(13(3)22(20-11)7-8-23)10-21(4)12(2)14-5-6-16(18)17(19)9-14/h5-6,9,12,23H,7-8,10H2,1-4H3. The van der Waals surface area contributed by atoms with Crippen LogP contribution in [-0.4, -0.2) is 33.4 Å². The SMILES string of the molecule is Cc1nn(CCO)c(C)c1CN(C)C(C)c1ccc(F)c(F)c1. The number of nitrogens with zero attached hydrogens (tertiary/aromatic N) is 3. The molecule has 1 atom stereocenters. The van der Waals surface area contributed by atoms with Gasteiger partial charge in [-0.1, -0.05) is 6.07 Å². The van der Waals surface area contributed by atoms with E-state index in [1.54, 1.807) is 10.7 Å². The van der Waals surface area contributed by atoms with E-state index in [1.165, 1.54) is 6.07 Å². The second-order valence-electron chi connectivity index (χ2n) is 5.86. The molecule has 2 aromatic rings. The van der Waals surface area contributed by atoms with E-state index in [-0.39, 0.29) is 12.6 Å². The molecule has 0 aliphatic carbocycles. The molecule has 1 heterocycles. The molecule has 1 N–H and O–H groups in total. The van der Waals surface area contributed by atoms with Crippen LogP contribution >= 0.6 is 0 Å². The highest BCUT2D eigenvalue weighted by atomic mass is 19.2. The van der Waals surface area contributed by atoms with Gasteiger partial charge in [-0.2, -0.15) is 5.10 Å². The van der Waals surface area contributed by atoms with E-state index in [1.807, 2.05) is 27.8 Å². The molecule has 1 unspecified atom stereocenters. The molecule has 0 bridgehead atoms. The van der Waals surface area contributed by atoms with Crippen LogP contribution in [0.1, 0.15) is 35.5 Å². The molecule has 4 nitrogen and oxygen atoms in total. The molecule has 1 aromatic carbocycles. The number of halogens is 2. The summed E-state index contributed by atoms with van der Waals surface area (Å²) in [7, 11) is 1.94. The minimum atomic E-state index is -0.833. The molecular formula is C17H23F2N3O. The second kappa shape index (κ2) is 7.19. The van der Waals surface area contributed by atoms with Crippen molar-refractivity contribution < 1.29 is 13.9 Å². The van der Waals surface area contributed by atoms with E-state index >= 15 is 0 Å². The van der Waals surface area contributed by atoms with E-state index in [9.17, 15) is 8.78 Å². The zero-order valence-corrected chi connectivity index (χ0v) is 14.0. The third-order valence-electron chi connectivity index (χ3n) is 4.34. The summed E-state index contributed by atoms with van der Waals surface area (Å²) in [5.74, 6) is -1.66. The van der Waals surface area contributed by atoms with Gasteiger partial charge in [-0.15, -0.1) is 0 Å². The largest absolute Gasteiger partial charge is 0.394 e. The fourth-order valence-electron chi connectivity index (χ4n) is 2.69. The first-order valence-corrected chi connectivity index (χ1v) is 7.64. The summed E-state index contributed by atoms with van der Waals surface area (Å²) in [6, 6.07) is 3.94. The van der Waals surface area contributed by atoms with Crippen molar-refractivity contribution in [2.24, 2.45) is 0 Å². The Labute approximate surface area is 135 Å². The van der Waals surface area contributed by atoms with Gasteiger partial charge in [-0.25, -0.2) is 8.78 Å². The van der Waals surface area contributed by atoms with Crippen molar-refractivity contribution in [2.75, 3.05) is 13.7 Å². The molecule has 23 heavy (non-hydrogen) atoms.